The van der Waals surface area contributed by atoms with E-state index in [1.807, 2.05) is 0 Å². The molecule has 3 heterocycles. The predicted molar refractivity (Wildman–Crippen MR) is 196 cm³/mol. The molecule has 12 N–H and O–H groups in total. The molecule has 2 aromatic rings. The summed E-state index contributed by atoms with van der Waals surface area (Å²) >= 11 is 0. The lowest BCUT2D eigenvalue weighted by Gasteiger charge is -2.41. The maximum absolute atomic E-state index is 12.5. The highest BCUT2D eigenvalue weighted by Gasteiger charge is 2.49. The Morgan fingerprint density at radius 2 is 1.33 bits per heavy atom. The fraction of sp³-hybridized carbons (Fsp3) is 0.359. The molecular formula is C39H41O21+. The van der Waals surface area contributed by atoms with Crippen molar-refractivity contribution in [1.29, 1.82) is 0 Å². The number of phenolic OH excluding ortho intramolecular Hbond substituents is 3. The largest absolute Gasteiger partial charge is 0.571 e. The number of benzene rings is 2. The maximum atomic E-state index is 12.5. The van der Waals surface area contributed by atoms with E-state index in [2.05, 4.69) is 4.74 Å². The highest BCUT2D eigenvalue weighted by Crippen LogP contribution is 2.40. The van der Waals surface area contributed by atoms with E-state index in [-0.39, 0.29) is 34.2 Å². The van der Waals surface area contributed by atoms with Crippen LogP contribution in [-0.2, 0) is 42.8 Å². The summed E-state index contributed by atoms with van der Waals surface area (Å²) in [7, 11) is 0. The van der Waals surface area contributed by atoms with Crippen LogP contribution in [0.3, 0.4) is 0 Å². The minimum Gasteiger partial charge on any atom is -0.571 e. The van der Waals surface area contributed by atoms with E-state index in [0.29, 0.717) is 5.56 Å². The fourth-order valence-electron chi connectivity index (χ4n) is 6.28. The van der Waals surface area contributed by atoms with Gasteiger partial charge in [-0.25, -0.2) is 4.79 Å². The van der Waals surface area contributed by atoms with E-state index in [9.17, 15) is 65.4 Å². The highest BCUT2D eigenvalue weighted by molar-refractivity contribution is 5.90. The number of hydrogen-bond acceptors (Lipinski definition) is 19. The molecule has 0 aromatic heterocycles. The number of phenols is 3. The molecule has 2 aromatic carbocycles. The van der Waals surface area contributed by atoms with Gasteiger partial charge in [-0.1, -0.05) is 12.1 Å². The van der Waals surface area contributed by atoms with Crippen molar-refractivity contribution in [2.45, 2.75) is 73.9 Å². The smallest absolute Gasteiger partial charge is 0.330 e. The van der Waals surface area contributed by atoms with Crippen LogP contribution >= 0.6 is 0 Å². The molecule has 3 aliphatic heterocycles. The van der Waals surface area contributed by atoms with Crippen molar-refractivity contribution in [1.82, 2.24) is 0 Å². The quantitative estimate of drug-likeness (QED) is 0.0362. The highest BCUT2D eigenvalue weighted by atomic mass is 16.7. The summed E-state index contributed by atoms with van der Waals surface area (Å²) in [5, 5.41) is 114. The molecule has 0 spiro atoms. The second-order valence-corrected chi connectivity index (χ2v) is 13.8. The van der Waals surface area contributed by atoms with Gasteiger partial charge in [0, 0.05) is 24.3 Å². The minimum atomic E-state index is -1.95. The fourth-order valence-corrected chi connectivity index (χ4v) is 6.28. The van der Waals surface area contributed by atoms with Crippen molar-refractivity contribution in [2.24, 2.45) is 0 Å². The lowest BCUT2D eigenvalue weighted by Crippen LogP contribution is -2.59. The van der Waals surface area contributed by atoms with Gasteiger partial charge >= 0.3 is 23.7 Å². The van der Waals surface area contributed by atoms with E-state index >= 15 is 0 Å². The van der Waals surface area contributed by atoms with Crippen molar-refractivity contribution < 1.29 is 104 Å². The van der Waals surface area contributed by atoms with Gasteiger partial charge in [-0.15, -0.1) is 0 Å². The monoisotopic (exact) mass is 845 g/mol. The summed E-state index contributed by atoms with van der Waals surface area (Å²) in [5.41, 5.74) is 0.728. The number of carbonyl (C=O) groups is 3. The number of rotatable bonds is 13. The van der Waals surface area contributed by atoms with Gasteiger partial charge in [0.25, 0.3) is 0 Å². The number of allylic oxidation sites excluding steroid dienone is 2. The normalized spacial score (nSPS) is 30.2. The van der Waals surface area contributed by atoms with Crippen LogP contribution in [0.4, 0.5) is 0 Å². The molecule has 322 valence electrons. The summed E-state index contributed by atoms with van der Waals surface area (Å²) in [6.45, 7) is -1.39. The Balaban J connectivity index is 1.26. The number of fused-ring (bicyclic) bond motifs is 1. The number of carboxylic acid groups (broad SMARTS) is 1. The van der Waals surface area contributed by atoms with Crippen LogP contribution < -0.4 is 0 Å². The molecule has 0 radical (unpaired) electrons. The lowest BCUT2D eigenvalue weighted by molar-refractivity contribution is -0.292. The average molecular weight is 846 g/mol. The summed E-state index contributed by atoms with van der Waals surface area (Å²) in [6, 6.07) is 9.47. The standard InChI is InChI=1S/C39H40O21/c40-18-5-1-16(2-6-18)3-8-29(46)54-14-26-31(48)34(51)36(53)39(60-26)58-25-12-20-23(56-37(25)17-4-7-21(42)22(43)9-17)10-19(41)11-24(20)57-38-35(52)33(50)32(49)27(59-38)15-55-30(47)13-28(44)45/h1-12,23,26-27,31-36,38-43,48-53H,13-15H2,(H,44,45)/p+1. The second-order valence-electron chi connectivity index (χ2n) is 13.8. The van der Waals surface area contributed by atoms with E-state index < -0.39 is 122 Å². The van der Waals surface area contributed by atoms with Gasteiger partial charge in [-0.2, -0.15) is 0 Å². The van der Waals surface area contributed by atoms with Crippen LogP contribution in [0.1, 0.15) is 17.5 Å². The van der Waals surface area contributed by atoms with Crippen LogP contribution in [0, 0.1) is 0 Å². The zero-order valence-corrected chi connectivity index (χ0v) is 30.9. The lowest BCUT2D eigenvalue weighted by atomic mass is 9.96. The summed E-state index contributed by atoms with van der Waals surface area (Å²) in [5.74, 6) is -5.63. The van der Waals surface area contributed by atoms with Crippen LogP contribution in [-0.4, -0.2) is 160 Å². The van der Waals surface area contributed by atoms with Gasteiger partial charge in [0.15, 0.2) is 11.5 Å². The maximum Gasteiger partial charge on any atom is 0.330 e. The van der Waals surface area contributed by atoms with E-state index in [1.165, 1.54) is 48.6 Å². The van der Waals surface area contributed by atoms with E-state index in [0.717, 1.165) is 24.3 Å². The number of aromatic hydroxyl groups is 3. The summed E-state index contributed by atoms with van der Waals surface area (Å²) in [6.07, 6.45) is -14.1. The third-order valence-electron chi connectivity index (χ3n) is 9.47. The summed E-state index contributed by atoms with van der Waals surface area (Å²) in [4.78, 5) is 35.2. The molecule has 0 saturated carbocycles. The van der Waals surface area contributed by atoms with E-state index in [4.69, 9.17) is 33.5 Å². The number of aliphatic hydroxyl groups excluding tert-OH is 7. The number of carboxylic acids is 1. The molecule has 0 bridgehead atoms. The number of carbonyl (C=O) groups excluding carboxylic acids is 2. The third kappa shape index (κ3) is 9.98. The molecule has 2 saturated heterocycles. The zero-order valence-electron chi connectivity index (χ0n) is 30.9. The Morgan fingerprint density at radius 1 is 0.717 bits per heavy atom. The van der Waals surface area contributed by atoms with Gasteiger partial charge in [0.05, 0.1) is 17.2 Å². The van der Waals surface area contributed by atoms with Crippen molar-refractivity contribution in [3.63, 3.8) is 0 Å². The zero-order chi connectivity index (χ0) is 43.4. The second kappa shape index (κ2) is 18.4. The van der Waals surface area contributed by atoms with Crippen molar-refractivity contribution in [2.75, 3.05) is 13.2 Å². The minimum absolute atomic E-state index is 0.0164. The first-order valence-corrected chi connectivity index (χ1v) is 18.0. The number of aliphatic hydroxyl groups is 9. The molecule has 0 amide bonds. The predicted octanol–water partition coefficient (Wildman–Crippen LogP) is -1.43. The van der Waals surface area contributed by atoms with Crippen LogP contribution in [0.2, 0.25) is 0 Å². The number of hydrogen-bond donors (Lipinski definition) is 11. The Morgan fingerprint density at radius 3 is 1.95 bits per heavy atom. The number of aliphatic carboxylic acids is 1. The van der Waals surface area contributed by atoms with Gasteiger partial charge < -0.3 is 89.3 Å². The first-order valence-electron chi connectivity index (χ1n) is 18.0. The van der Waals surface area contributed by atoms with Crippen LogP contribution in [0.5, 0.6) is 17.2 Å². The topological polar surface area (TPSA) is 342 Å². The molecule has 11 unspecified atom stereocenters. The van der Waals surface area contributed by atoms with Gasteiger partial charge in [-0.05, 0) is 35.9 Å². The van der Waals surface area contributed by atoms with Gasteiger partial charge in [0.1, 0.15) is 85.7 Å². The van der Waals surface area contributed by atoms with E-state index in [1.54, 1.807) is 0 Å². The van der Waals surface area contributed by atoms with Gasteiger partial charge in [-0.3, -0.25) is 9.59 Å². The van der Waals surface area contributed by atoms with Crippen LogP contribution in [0.15, 0.2) is 89.6 Å². The van der Waals surface area contributed by atoms with Crippen LogP contribution in [0.25, 0.3) is 11.8 Å². The first-order chi connectivity index (χ1) is 28.5. The van der Waals surface area contributed by atoms with Crippen molar-refractivity contribution in [3.05, 3.63) is 101 Å². The molecule has 11 atom stereocenters. The molecule has 21 nitrogen and oxygen atoms in total. The Kier molecular flexibility index (Phi) is 13.3. The average Bonchev–Trinajstić information content (AvgIpc) is 3.20. The molecule has 2 fully saturated rings. The number of esters is 2. The Bertz CT molecular complexity index is 2090. The molecule has 21 heteroatoms. The number of ether oxygens (including phenoxy) is 7. The third-order valence-corrected chi connectivity index (χ3v) is 9.47. The molecule has 60 heavy (non-hydrogen) atoms. The van der Waals surface area contributed by atoms with Crippen molar-refractivity contribution >= 4 is 29.7 Å². The summed E-state index contributed by atoms with van der Waals surface area (Å²) < 4.78 is 37.9. The van der Waals surface area contributed by atoms with Crippen molar-refractivity contribution in [3.8, 4) is 17.2 Å². The van der Waals surface area contributed by atoms with Gasteiger partial charge in [0.2, 0.25) is 24.4 Å². The Hall–Kier alpha value is -6.17. The molecule has 1 aliphatic carbocycles. The first kappa shape index (κ1) is 43.4. The SMILES string of the molecule is O=C(O)CC(=O)OCC1OC(OC2=CC(O)=CC3[OH+]C(c4ccc(O)c(O)c4)=C(OC4OC(COC(=O)C=Cc5ccc(O)cc5)C(O)C(O)C4O)C=C23)C(O)C(O)C1O. The molecule has 4 aliphatic rings. The molecular weight excluding hydrogens is 804 g/mol. The Labute approximate surface area is 338 Å². The molecule has 6 rings (SSSR count).